The van der Waals surface area contributed by atoms with Crippen LogP contribution in [0.3, 0.4) is 0 Å². The molecule has 0 aliphatic rings. The van der Waals surface area contributed by atoms with Crippen molar-refractivity contribution in [2.45, 2.75) is 85.0 Å². The molecule has 1 amide bonds. The van der Waals surface area contributed by atoms with Gasteiger partial charge in [-0.25, -0.2) is 0 Å². The summed E-state index contributed by atoms with van der Waals surface area (Å²) in [4.78, 5) is 10.9. The van der Waals surface area contributed by atoms with Crippen LogP contribution >= 0.6 is 0 Å². The molecule has 0 aromatic carbocycles. The minimum atomic E-state index is -0.292. The fraction of sp³-hybridized carbons (Fsp3) is 0.824. The molecule has 0 fully saturated rings. The van der Waals surface area contributed by atoms with Crippen LogP contribution in [0.15, 0.2) is 11.6 Å². The molecule has 2 heteroatoms. The second-order valence-electron chi connectivity index (χ2n) is 5.86. The number of primary amides is 1. The summed E-state index contributed by atoms with van der Waals surface area (Å²) in [6.07, 6.45) is 15.2. The maximum atomic E-state index is 10.9. The Kier molecular flexibility index (Phi) is 11.7. The molecule has 0 aromatic heterocycles. The Hall–Kier alpha value is -0.790. The first-order valence-corrected chi connectivity index (χ1v) is 8.04. The monoisotopic (exact) mass is 267 g/mol. The third-order valence-electron chi connectivity index (χ3n) is 3.77. The zero-order chi connectivity index (χ0) is 14.5. The summed E-state index contributed by atoms with van der Waals surface area (Å²) >= 11 is 0. The summed E-state index contributed by atoms with van der Waals surface area (Å²) in [5.74, 6) is 0.369. The van der Waals surface area contributed by atoms with Gasteiger partial charge in [0, 0.05) is 5.57 Å². The van der Waals surface area contributed by atoms with Gasteiger partial charge < -0.3 is 5.73 Å². The van der Waals surface area contributed by atoms with Crippen LogP contribution in [0.5, 0.6) is 0 Å². The highest BCUT2D eigenvalue weighted by Crippen LogP contribution is 2.16. The zero-order valence-electron chi connectivity index (χ0n) is 13.2. The van der Waals surface area contributed by atoms with Gasteiger partial charge in [0.15, 0.2) is 0 Å². The van der Waals surface area contributed by atoms with Gasteiger partial charge >= 0.3 is 0 Å². The Labute approximate surface area is 119 Å². The van der Waals surface area contributed by atoms with Crippen LogP contribution < -0.4 is 5.73 Å². The van der Waals surface area contributed by atoms with Gasteiger partial charge in [0.2, 0.25) is 5.91 Å². The molecule has 0 saturated carbocycles. The molecular formula is C17H33NO. The molecule has 0 radical (unpaired) electrons. The molecule has 1 unspecified atom stereocenters. The topological polar surface area (TPSA) is 43.1 Å². The molecule has 0 aromatic rings. The van der Waals surface area contributed by atoms with Crippen molar-refractivity contribution < 1.29 is 4.79 Å². The molecule has 112 valence electrons. The number of carbonyl (C=O) groups excluding carboxylic acids is 1. The summed E-state index contributed by atoms with van der Waals surface area (Å²) < 4.78 is 0. The first-order chi connectivity index (χ1) is 9.07. The lowest BCUT2D eigenvalue weighted by Gasteiger charge is -2.09. The van der Waals surface area contributed by atoms with Crippen LogP contribution in [0.4, 0.5) is 0 Å². The van der Waals surface area contributed by atoms with E-state index in [1.807, 2.05) is 6.08 Å². The summed E-state index contributed by atoms with van der Waals surface area (Å²) in [5, 5.41) is 0. The lowest BCUT2D eigenvalue weighted by Crippen LogP contribution is -2.11. The van der Waals surface area contributed by atoms with E-state index in [0.717, 1.165) is 6.42 Å². The number of hydrogen-bond donors (Lipinski definition) is 1. The van der Waals surface area contributed by atoms with Crippen LogP contribution in [0.2, 0.25) is 0 Å². The molecule has 2 N–H and O–H groups in total. The highest BCUT2D eigenvalue weighted by molar-refractivity contribution is 5.91. The molecule has 0 saturated heterocycles. The van der Waals surface area contributed by atoms with Crippen molar-refractivity contribution in [3.63, 3.8) is 0 Å². The van der Waals surface area contributed by atoms with Crippen LogP contribution in [0.1, 0.15) is 85.0 Å². The smallest absolute Gasteiger partial charge is 0.244 e. The third kappa shape index (κ3) is 12.0. The van der Waals surface area contributed by atoms with Crippen molar-refractivity contribution >= 4 is 5.91 Å². The second-order valence-corrected chi connectivity index (χ2v) is 5.86. The number of rotatable bonds is 12. The van der Waals surface area contributed by atoms with Crippen LogP contribution in [0, 0.1) is 5.92 Å². The molecule has 0 aliphatic heterocycles. The lowest BCUT2D eigenvalue weighted by atomic mass is 9.98. The minimum absolute atomic E-state index is 0.292. The lowest BCUT2D eigenvalue weighted by molar-refractivity contribution is -0.114. The van der Waals surface area contributed by atoms with Crippen molar-refractivity contribution in [1.82, 2.24) is 0 Å². The maximum absolute atomic E-state index is 10.9. The summed E-state index contributed by atoms with van der Waals surface area (Å²) in [6, 6.07) is 0. The largest absolute Gasteiger partial charge is 0.366 e. The standard InChI is InChI=1S/C17H33NO/c1-4-5-6-7-8-9-10-11-12-15(2)13-14-16(3)17(18)19/h14-15H,4-13H2,1-3H3,(H2,18,19)/b16-14+. The fourth-order valence-electron chi connectivity index (χ4n) is 2.22. The second kappa shape index (κ2) is 12.3. The molecule has 0 bridgehead atoms. The van der Waals surface area contributed by atoms with Gasteiger partial charge in [-0.05, 0) is 19.3 Å². The Balaban J connectivity index is 3.41. The van der Waals surface area contributed by atoms with E-state index in [-0.39, 0.29) is 5.91 Å². The van der Waals surface area contributed by atoms with Crippen LogP contribution in [0.25, 0.3) is 0 Å². The van der Waals surface area contributed by atoms with E-state index in [1.54, 1.807) is 6.92 Å². The Morgan fingerprint density at radius 2 is 1.58 bits per heavy atom. The van der Waals surface area contributed by atoms with Crippen molar-refractivity contribution in [2.24, 2.45) is 11.7 Å². The number of unbranched alkanes of at least 4 members (excludes halogenated alkanes) is 7. The van der Waals surface area contributed by atoms with Crippen molar-refractivity contribution in [3.05, 3.63) is 11.6 Å². The molecule has 19 heavy (non-hydrogen) atoms. The molecule has 2 nitrogen and oxygen atoms in total. The first kappa shape index (κ1) is 18.2. The molecule has 0 spiro atoms. The van der Waals surface area contributed by atoms with Gasteiger partial charge in [-0.1, -0.05) is 77.7 Å². The Bertz CT molecular complexity index is 258. The highest BCUT2D eigenvalue weighted by Gasteiger charge is 2.02. The van der Waals surface area contributed by atoms with E-state index in [1.165, 1.54) is 57.8 Å². The summed E-state index contributed by atoms with van der Waals surface area (Å²) in [5.41, 5.74) is 5.90. The summed E-state index contributed by atoms with van der Waals surface area (Å²) in [6.45, 7) is 6.31. The van der Waals surface area contributed by atoms with Gasteiger partial charge in [-0.15, -0.1) is 0 Å². The minimum Gasteiger partial charge on any atom is -0.366 e. The molecule has 0 heterocycles. The van der Waals surface area contributed by atoms with Gasteiger partial charge in [0.1, 0.15) is 0 Å². The third-order valence-corrected chi connectivity index (χ3v) is 3.77. The predicted octanol–water partition coefficient (Wildman–Crippen LogP) is 4.98. The van der Waals surface area contributed by atoms with Gasteiger partial charge in [-0.3, -0.25) is 4.79 Å². The highest BCUT2D eigenvalue weighted by atomic mass is 16.1. The van der Waals surface area contributed by atoms with Gasteiger partial charge in [0.05, 0.1) is 0 Å². The van der Waals surface area contributed by atoms with E-state index >= 15 is 0 Å². The predicted molar refractivity (Wildman–Crippen MR) is 84.0 cm³/mol. The van der Waals surface area contributed by atoms with Crippen LogP contribution in [-0.2, 0) is 4.79 Å². The number of hydrogen-bond acceptors (Lipinski definition) is 1. The van der Waals surface area contributed by atoms with Crippen LogP contribution in [-0.4, -0.2) is 5.91 Å². The molecule has 1 atom stereocenters. The quantitative estimate of drug-likeness (QED) is 0.393. The summed E-state index contributed by atoms with van der Waals surface area (Å²) in [7, 11) is 0. The molecule has 0 aliphatic carbocycles. The van der Waals surface area contributed by atoms with Gasteiger partial charge in [-0.2, -0.15) is 0 Å². The average molecular weight is 267 g/mol. The van der Waals surface area contributed by atoms with E-state index in [2.05, 4.69) is 13.8 Å². The normalized spacial score (nSPS) is 13.5. The Morgan fingerprint density at radius 1 is 1.05 bits per heavy atom. The average Bonchev–Trinajstić information content (AvgIpc) is 2.38. The van der Waals surface area contributed by atoms with E-state index in [9.17, 15) is 4.79 Å². The van der Waals surface area contributed by atoms with Gasteiger partial charge in [0.25, 0.3) is 0 Å². The maximum Gasteiger partial charge on any atom is 0.244 e. The number of nitrogens with two attached hydrogens (primary N) is 1. The van der Waals surface area contributed by atoms with Crippen molar-refractivity contribution in [1.29, 1.82) is 0 Å². The van der Waals surface area contributed by atoms with Crippen molar-refractivity contribution in [2.75, 3.05) is 0 Å². The molecular weight excluding hydrogens is 234 g/mol. The Morgan fingerprint density at radius 3 is 2.11 bits per heavy atom. The fourth-order valence-corrected chi connectivity index (χ4v) is 2.22. The van der Waals surface area contributed by atoms with E-state index in [0.29, 0.717) is 11.5 Å². The number of amides is 1. The van der Waals surface area contributed by atoms with E-state index < -0.39 is 0 Å². The number of carbonyl (C=O) groups is 1. The SMILES string of the molecule is CCCCCCCCCCC(C)C/C=C(\C)C(N)=O. The van der Waals surface area contributed by atoms with E-state index in [4.69, 9.17) is 5.73 Å². The van der Waals surface area contributed by atoms with Crippen molar-refractivity contribution in [3.8, 4) is 0 Å². The molecule has 0 rings (SSSR count). The first-order valence-electron chi connectivity index (χ1n) is 8.04. The number of allylic oxidation sites excluding steroid dienone is 1. The zero-order valence-corrected chi connectivity index (χ0v) is 13.2.